The molecule has 4 fully saturated rings. The van der Waals surface area contributed by atoms with E-state index in [9.17, 15) is 21.6 Å². The fraction of sp³-hybridized carbons (Fsp3) is 0.720. The molecule has 2 aliphatic heterocycles. The van der Waals surface area contributed by atoms with E-state index in [4.69, 9.17) is 14.3 Å². The van der Waals surface area contributed by atoms with Crippen LogP contribution in [-0.2, 0) is 34.3 Å². The molecule has 0 bridgehead atoms. The van der Waals surface area contributed by atoms with Crippen LogP contribution in [0.15, 0.2) is 65.7 Å². The van der Waals surface area contributed by atoms with Crippen molar-refractivity contribution in [1.29, 1.82) is 0 Å². The average Bonchev–Trinajstić information content (AvgIpc) is 3.91. The van der Waals surface area contributed by atoms with Gasteiger partial charge in [-0.05, 0) is 127 Å². The smallest absolute Gasteiger partial charge is 0.317 e. The van der Waals surface area contributed by atoms with Gasteiger partial charge in [-0.2, -0.15) is 0 Å². The summed E-state index contributed by atoms with van der Waals surface area (Å²) in [5.74, 6) is 1.23. The normalized spacial score (nSPS) is 24.7. The minimum absolute atomic E-state index is 0. The Labute approximate surface area is 406 Å². The molecule has 2 unspecified atom stereocenters. The number of rotatable bonds is 17. The summed E-state index contributed by atoms with van der Waals surface area (Å²) in [5, 5.41) is 6.17. The van der Waals surface area contributed by atoms with Crippen molar-refractivity contribution in [2.75, 3.05) is 71.5 Å². The quantitative estimate of drug-likeness (QED) is 0.0918. The number of nitrogens with one attached hydrogen (secondary N) is 4. The summed E-state index contributed by atoms with van der Waals surface area (Å²) in [6, 6.07) is 20.6. The zero-order valence-electron chi connectivity index (χ0n) is 40.3. The Hall–Kier alpha value is -3.25. The molecule has 0 spiro atoms. The lowest BCUT2D eigenvalue weighted by Gasteiger charge is -2.33. The first-order valence-electron chi connectivity index (χ1n) is 24.0. The van der Waals surface area contributed by atoms with Crippen LogP contribution < -0.4 is 20.1 Å². The Bertz CT molecular complexity index is 1870. The molecule has 2 aliphatic carbocycles. The molecule has 4 atom stereocenters. The lowest BCUT2D eigenvalue weighted by molar-refractivity contribution is -0.000622. The van der Waals surface area contributed by atoms with E-state index in [1.807, 2.05) is 13.0 Å². The standard InChI is InChI=1S/C21H33N3O4S.C18H28N2O3S.C6H15N.C3H5NO.2CH4/c1-3-22-21(25)24-14-13-19(23-29(2,26)27)20(24)15-28-18-11-9-17(10-12-18)16-7-5-4-6-8-16;1-24(21,22)20-17-11-12-19-18(17)13-23-16-9-7-15(8-10-16)14-5-3-2-4-6-14;1-4-7(5-2)6-3;1-2-4-3-5;;/h4-8,17-20,23H,3,9-15H2,1-2H3,(H,22,25);2-6,15-20H,7-13H2,1H3;4-6H2,1-3H3;2H2,1H3;2*1H4/t17?,18?,19-,20?;15?,16?,17-,18?;;;;/m00..../s1. The number of isocyanates is 1. The first kappa shape index (κ1) is 61.8. The monoisotopic (exact) mass is 980 g/mol. The van der Waals surface area contributed by atoms with Crippen molar-refractivity contribution >= 4 is 32.2 Å². The zero-order valence-corrected chi connectivity index (χ0v) is 41.9. The van der Waals surface area contributed by atoms with Crippen LogP contribution >= 0.6 is 0 Å². The molecule has 67 heavy (non-hydrogen) atoms. The van der Waals surface area contributed by atoms with E-state index in [0.717, 1.165) is 70.6 Å². The molecule has 2 aromatic rings. The van der Waals surface area contributed by atoms with E-state index < -0.39 is 20.0 Å². The predicted octanol–water partition coefficient (Wildman–Crippen LogP) is 7.42. The van der Waals surface area contributed by atoms with Gasteiger partial charge < -0.3 is 29.9 Å². The van der Waals surface area contributed by atoms with Gasteiger partial charge in [-0.25, -0.2) is 40.9 Å². The van der Waals surface area contributed by atoms with Crippen LogP contribution in [0.1, 0.15) is 137 Å². The van der Waals surface area contributed by atoms with Gasteiger partial charge in [-0.1, -0.05) is 96.3 Å². The highest BCUT2D eigenvalue weighted by atomic mass is 32.2. The minimum atomic E-state index is -3.35. The number of carbonyl (C=O) groups is 1. The lowest BCUT2D eigenvalue weighted by Crippen LogP contribution is -2.51. The summed E-state index contributed by atoms with van der Waals surface area (Å²) in [4.78, 5) is 28.8. The molecule has 0 radical (unpaired) electrons. The maximum atomic E-state index is 12.4. The van der Waals surface area contributed by atoms with Crippen LogP contribution in [0.25, 0.3) is 0 Å². The van der Waals surface area contributed by atoms with Crippen LogP contribution in [0.2, 0.25) is 0 Å². The second kappa shape index (κ2) is 33.3. The Kier molecular flexibility index (Phi) is 30.7. The molecule has 17 heteroatoms. The molecule has 15 nitrogen and oxygen atoms in total. The molecule has 2 saturated carbocycles. The number of hydrogen-bond acceptors (Lipinski definition) is 11. The zero-order chi connectivity index (χ0) is 47.7. The summed E-state index contributed by atoms with van der Waals surface area (Å²) in [7, 11) is -6.51. The third kappa shape index (κ3) is 23.7. The minimum Gasteiger partial charge on any atom is -0.377 e. The Morgan fingerprint density at radius 3 is 1.55 bits per heavy atom. The fourth-order valence-electron chi connectivity index (χ4n) is 9.12. The number of nitrogens with zero attached hydrogens (tertiary/aromatic N) is 3. The summed E-state index contributed by atoms with van der Waals surface area (Å²) in [6.07, 6.45) is 14.3. The van der Waals surface area contributed by atoms with E-state index in [2.05, 4.69) is 105 Å². The van der Waals surface area contributed by atoms with Crippen molar-refractivity contribution in [1.82, 2.24) is 29.9 Å². The van der Waals surface area contributed by atoms with Crippen molar-refractivity contribution in [3.8, 4) is 0 Å². The van der Waals surface area contributed by atoms with E-state index in [1.54, 1.807) is 11.8 Å². The number of aliphatic imine (C=N–C) groups is 1. The molecule has 2 saturated heterocycles. The van der Waals surface area contributed by atoms with Gasteiger partial charge in [0, 0.05) is 37.8 Å². The highest BCUT2D eigenvalue weighted by Crippen LogP contribution is 2.35. The summed E-state index contributed by atoms with van der Waals surface area (Å²) >= 11 is 0. The highest BCUT2D eigenvalue weighted by Gasteiger charge is 2.39. The lowest BCUT2D eigenvalue weighted by atomic mass is 9.83. The molecule has 0 aromatic heterocycles. The second-order valence-corrected chi connectivity index (χ2v) is 20.9. The summed E-state index contributed by atoms with van der Waals surface area (Å²) in [6.45, 7) is 17.1. The van der Waals surface area contributed by atoms with Crippen molar-refractivity contribution in [3.63, 3.8) is 0 Å². The number of carbonyl (C=O) groups excluding carboxylic acids is 2. The number of hydrogen-bond donors (Lipinski definition) is 4. The summed E-state index contributed by atoms with van der Waals surface area (Å²) < 4.78 is 64.0. The first-order chi connectivity index (χ1) is 31.1. The molecule has 4 N–H and O–H groups in total. The average molecular weight is 980 g/mol. The van der Waals surface area contributed by atoms with Crippen LogP contribution in [0, 0.1) is 0 Å². The van der Waals surface area contributed by atoms with Gasteiger partial charge >= 0.3 is 6.03 Å². The molecular formula is C50H89N7O8S2. The largest absolute Gasteiger partial charge is 0.377 e. The Morgan fingerprint density at radius 1 is 0.701 bits per heavy atom. The van der Waals surface area contributed by atoms with Crippen molar-refractivity contribution in [2.45, 2.75) is 162 Å². The fourth-order valence-corrected chi connectivity index (χ4v) is 10.8. The second-order valence-electron chi connectivity index (χ2n) is 17.3. The maximum Gasteiger partial charge on any atom is 0.317 e. The predicted molar refractivity (Wildman–Crippen MR) is 274 cm³/mol. The topological polar surface area (TPSA) is 188 Å². The van der Waals surface area contributed by atoms with Crippen LogP contribution in [0.5, 0.6) is 0 Å². The maximum absolute atomic E-state index is 12.4. The van der Waals surface area contributed by atoms with Gasteiger partial charge in [0.05, 0.1) is 44.0 Å². The number of urea groups is 1. The van der Waals surface area contributed by atoms with Crippen LogP contribution in [0.3, 0.4) is 0 Å². The molecule has 2 aromatic carbocycles. The van der Waals surface area contributed by atoms with Crippen LogP contribution in [0.4, 0.5) is 4.79 Å². The van der Waals surface area contributed by atoms with E-state index in [0.29, 0.717) is 57.2 Å². The number of sulfonamides is 2. The number of ether oxygens (including phenoxy) is 2. The number of amides is 2. The first-order valence-corrected chi connectivity index (χ1v) is 27.7. The van der Waals surface area contributed by atoms with E-state index in [1.165, 1.54) is 43.1 Å². The van der Waals surface area contributed by atoms with Crippen molar-refractivity contribution in [2.24, 2.45) is 4.99 Å². The van der Waals surface area contributed by atoms with Gasteiger partial charge in [0.25, 0.3) is 0 Å². The van der Waals surface area contributed by atoms with E-state index >= 15 is 0 Å². The summed E-state index contributed by atoms with van der Waals surface area (Å²) in [5.41, 5.74) is 2.83. The highest BCUT2D eigenvalue weighted by molar-refractivity contribution is 7.89. The van der Waals surface area contributed by atoms with Gasteiger partial charge in [0.1, 0.15) is 0 Å². The van der Waals surface area contributed by atoms with E-state index in [-0.39, 0.29) is 51.2 Å². The third-order valence-corrected chi connectivity index (χ3v) is 14.1. The molecule has 2 amide bonds. The van der Waals surface area contributed by atoms with Gasteiger partial charge in [-0.15, -0.1) is 0 Å². The molecule has 4 aliphatic rings. The van der Waals surface area contributed by atoms with Gasteiger partial charge in [0.2, 0.25) is 26.1 Å². The molecule has 384 valence electrons. The van der Waals surface area contributed by atoms with Crippen LogP contribution in [-0.4, -0.2) is 147 Å². The molecule has 2 heterocycles. The van der Waals surface area contributed by atoms with Crippen molar-refractivity contribution < 1.29 is 35.9 Å². The number of likely N-dealkylation sites (tertiary alicyclic amines) is 1. The number of benzene rings is 2. The Balaban J connectivity index is 0.000000531. The molecule has 6 rings (SSSR count). The Morgan fingerprint density at radius 2 is 1.16 bits per heavy atom. The molecular weight excluding hydrogens is 891 g/mol. The third-order valence-electron chi connectivity index (χ3n) is 12.7. The SMILES string of the molecule is C.C.CCN(CC)CC.CCN=C=O.CCNC(=O)N1CC[C@H](NS(C)(=O)=O)C1COC1CCC(c2ccccc2)CC1.CS(=O)(=O)N[C@H]1CCNC1COC1CCC(c2ccccc2)CC1. The van der Waals surface area contributed by atoms with Crippen molar-refractivity contribution in [3.05, 3.63) is 71.8 Å². The van der Waals surface area contributed by atoms with Gasteiger partial charge in [0.15, 0.2) is 0 Å². The van der Waals surface area contributed by atoms with Gasteiger partial charge in [-0.3, -0.25) is 0 Å².